The lowest BCUT2D eigenvalue weighted by atomic mass is 10.0. The maximum absolute atomic E-state index is 11.5. The Morgan fingerprint density at radius 3 is 2.40 bits per heavy atom. The van der Waals surface area contributed by atoms with Gasteiger partial charge >= 0.3 is 17.1 Å². The summed E-state index contributed by atoms with van der Waals surface area (Å²) in [6.07, 6.45) is 0. The van der Waals surface area contributed by atoms with Crippen LogP contribution in [0.3, 0.4) is 0 Å². The van der Waals surface area contributed by atoms with E-state index in [2.05, 4.69) is 15.3 Å². The Morgan fingerprint density at radius 1 is 1.28 bits per heavy atom. The number of rotatable bonds is 6. The Labute approximate surface area is 151 Å². The zero-order valence-electron chi connectivity index (χ0n) is 13.4. The second-order valence-corrected chi connectivity index (χ2v) is 5.63. The smallest absolute Gasteiger partial charge is 0.320 e. The first-order valence-corrected chi connectivity index (χ1v) is 7.10. The molecule has 0 aliphatic rings. The summed E-state index contributed by atoms with van der Waals surface area (Å²) in [5, 5.41) is 23.0. The monoisotopic (exact) mass is 416 g/mol. The molecule has 0 aliphatic carbocycles. The van der Waals surface area contributed by atoms with Gasteiger partial charge in [0.1, 0.15) is 6.04 Å². The van der Waals surface area contributed by atoms with Crippen LogP contribution in [-0.2, 0) is 11.3 Å². The molecule has 1 heterocycles. The van der Waals surface area contributed by atoms with Crippen LogP contribution >= 0.6 is 17.0 Å². The highest BCUT2D eigenvalue weighted by atomic mass is 79.9. The SMILES string of the molecule is Br.CC(C)[C@H](NCc1cc([N+](=O)[O-])cc2[nH]c(=O)c(=O)[nH]c12)C(=O)O. The molecule has 0 bridgehead atoms. The molecule has 1 aromatic carbocycles. The first-order valence-electron chi connectivity index (χ1n) is 7.10. The summed E-state index contributed by atoms with van der Waals surface area (Å²) in [7, 11) is 0. The predicted molar refractivity (Wildman–Crippen MR) is 95.3 cm³/mol. The largest absolute Gasteiger partial charge is 0.480 e. The minimum Gasteiger partial charge on any atom is -0.480 e. The van der Waals surface area contributed by atoms with Gasteiger partial charge in [-0.05, 0) is 11.5 Å². The highest BCUT2D eigenvalue weighted by Gasteiger charge is 2.22. The van der Waals surface area contributed by atoms with Gasteiger partial charge in [-0.3, -0.25) is 29.8 Å². The molecule has 0 saturated heterocycles. The fourth-order valence-corrected chi connectivity index (χ4v) is 2.35. The lowest BCUT2D eigenvalue weighted by Gasteiger charge is -2.18. The van der Waals surface area contributed by atoms with Crippen molar-refractivity contribution in [3.05, 3.63) is 48.5 Å². The molecule has 0 saturated carbocycles. The number of hydrogen-bond donors (Lipinski definition) is 4. The second-order valence-electron chi connectivity index (χ2n) is 5.63. The maximum atomic E-state index is 11.5. The molecule has 136 valence electrons. The van der Waals surface area contributed by atoms with Crippen LogP contribution < -0.4 is 16.4 Å². The van der Waals surface area contributed by atoms with Crippen LogP contribution in [0.2, 0.25) is 0 Å². The zero-order chi connectivity index (χ0) is 18.0. The summed E-state index contributed by atoms with van der Waals surface area (Å²) in [6.45, 7) is 3.41. The van der Waals surface area contributed by atoms with E-state index in [0.29, 0.717) is 5.56 Å². The van der Waals surface area contributed by atoms with Gasteiger partial charge in [-0.15, -0.1) is 17.0 Å². The van der Waals surface area contributed by atoms with Crippen molar-refractivity contribution in [2.75, 3.05) is 0 Å². The van der Waals surface area contributed by atoms with Crippen molar-refractivity contribution < 1.29 is 14.8 Å². The summed E-state index contributed by atoms with van der Waals surface area (Å²) in [5.41, 5.74) is -1.48. The van der Waals surface area contributed by atoms with E-state index in [1.165, 1.54) is 6.07 Å². The van der Waals surface area contributed by atoms with E-state index in [1.807, 2.05) is 0 Å². The van der Waals surface area contributed by atoms with Crippen LogP contribution in [0.1, 0.15) is 19.4 Å². The number of hydrogen-bond acceptors (Lipinski definition) is 6. The molecule has 25 heavy (non-hydrogen) atoms. The van der Waals surface area contributed by atoms with Crippen LogP contribution in [-0.4, -0.2) is 32.0 Å². The number of nitro groups is 1. The molecule has 0 spiro atoms. The molecule has 11 heteroatoms. The van der Waals surface area contributed by atoms with E-state index >= 15 is 0 Å². The van der Waals surface area contributed by atoms with Crippen LogP contribution in [0.4, 0.5) is 5.69 Å². The molecule has 2 rings (SSSR count). The Kier molecular flexibility index (Phi) is 6.59. The number of H-pyrrole nitrogens is 2. The third-order valence-corrected chi connectivity index (χ3v) is 3.55. The van der Waals surface area contributed by atoms with Gasteiger partial charge in [0.15, 0.2) is 0 Å². The number of aromatic amines is 2. The van der Waals surface area contributed by atoms with E-state index in [0.717, 1.165) is 6.07 Å². The van der Waals surface area contributed by atoms with Crippen LogP contribution in [0.15, 0.2) is 21.7 Å². The van der Waals surface area contributed by atoms with Gasteiger partial charge in [-0.2, -0.15) is 0 Å². The van der Waals surface area contributed by atoms with Gasteiger partial charge in [-0.25, -0.2) is 0 Å². The van der Waals surface area contributed by atoms with Gasteiger partial charge in [0.05, 0.1) is 16.0 Å². The van der Waals surface area contributed by atoms with Gasteiger partial charge in [0.25, 0.3) is 5.69 Å². The van der Waals surface area contributed by atoms with Gasteiger partial charge in [0.2, 0.25) is 0 Å². The summed E-state index contributed by atoms with van der Waals surface area (Å²) in [6, 6.07) is 1.49. The van der Waals surface area contributed by atoms with Crippen molar-refractivity contribution in [3.63, 3.8) is 0 Å². The lowest BCUT2D eigenvalue weighted by molar-refractivity contribution is -0.384. The average Bonchev–Trinajstić information content (AvgIpc) is 2.47. The van der Waals surface area contributed by atoms with Gasteiger partial charge in [0, 0.05) is 18.7 Å². The maximum Gasteiger partial charge on any atom is 0.320 e. The minimum absolute atomic E-state index is 0. The Bertz CT molecular complexity index is 920. The van der Waals surface area contributed by atoms with Crippen LogP contribution in [0, 0.1) is 16.0 Å². The first kappa shape index (κ1) is 20.5. The lowest BCUT2D eigenvalue weighted by Crippen LogP contribution is -2.40. The molecule has 0 aliphatic heterocycles. The average molecular weight is 417 g/mol. The third-order valence-electron chi connectivity index (χ3n) is 3.55. The molecular weight excluding hydrogens is 400 g/mol. The summed E-state index contributed by atoms with van der Waals surface area (Å²) in [5.74, 6) is -1.27. The number of fused-ring (bicyclic) bond motifs is 1. The van der Waals surface area contributed by atoms with Crippen molar-refractivity contribution >= 4 is 39.7 Å². The molecule has 0 unspecified atom stereocenters. The fraction of sp³-hybridized carbons (Fsp3) is 0.357. The molecule has 10 nitrogen and oxygen atoms in total. The number of carboxylic acid groups (broad SMARTS) is 1. The van der Waals surface area contributed by atoms with Crippen molar-refractivity contribution in [2.45, 2.75) is 26.4 Å². The summed E-state index contributed by atoms with van der Waals surface area (Å²) < 4.78 is 0. The summed E-state index contributed by atoms with van der Waals surface area (Å²) >= 11 is 0. The quantitative estimate of drug-likeness (QED) is 0.309. The number of carbonyl (C=O) groups is 1. The number of nitrogens with one attached hydrogen (secondary N) is 3. The molecular formula is C14H17BrN4O6. The molecule has 0 radical (unpaired) electrons. The number of nitrogens with zero attached hydrogens (tertiary/aromatic N) is 1. The Balaban J connectivity index is 0.00000312. The number of aliphatic carboxylic acids is 1. The van der Waals surface area contributed by atoms with Gasteiger partial charge < -0.3 is 15.1 Å². The molecule has 1 atom stereocenters. The minimum atomic E-state index is -1.05. The number of carboxylic acids is 1. The third kappa shape index (κ3) is 4.51. The van der Waals surface area contributed by atoms with E-state index in [1.54, 1.807) is 13.8 Å². The van der Waals surface area contributed by atoms with Crippen molar-refractivity contribution in [1.82, 2.24) is 15.3 Å². The topological polar surface area (TPSA) is 158 Å². The highest BCUT2D eigenvalue weighted by Crippen LogP contribution is 2.21. The van der Waals surface area contributed by atoms with E-state index in [4.69, 9.17) is 0 Å². The van der Waals surface area contributed by atoms with Crippen molar-refractivity contribution in [1.29, 1.82) is 0 Å². The molecule has 2 aromatic rings. The van der Waals surface area contributed by atoms with Crippen molar-refractivity contribution in [2.24, 2.45) is 5.92 Å². The fourth-order valence-electron chi connectivity index (χ4n) is 2.35. The normalized spacial score (nSPS) is 12.0. The molecule has 0 amide bonds. The van der Waals surface area contributed by atoms with E-state index in [9.17, 15) is 29.6 Å². The Hall–Kier alpha value is -2.53. The number of halogens is 1. The zero-order valence-corrected chi connectivity index (χ0v) is 15.1. The molecule has 0 fully saturated rings. The van der Waals surface area contributed by atoms with Crippen LogP contribution in [0.25, 0.3) is 11.0 Å². The molecule has 1 aromatic heterocycles. The molecule has 4 N–H and O–H groups in total. The number of aromatic nitrogens is 2. The first-order chi connectivity index (χ1) is 11.2. The summed E-state index contributed by atoms with van der Waals surface area (Å²) in [4.78, 5) is 49.2. The number of non-ortho nitro benzene ring substituents is 1. The Morgan fingerprint density at radius 2 is 1.88 bits per heavy atom. The van der Waals surface area contributed by atoms with Crippen LogP contribution in [0.5, 0.6) is 0 Å². The number of nitro benzene ring substituents is 1. The number of benzene rings is 1. The highest BCUT2D eigenvalue weighted by molar-refractivity contribution is 8.93. The van der Waals surface area contributed by atoms with Gasteiger partial charge in [-0.1, -0.05) is 13.8 Å². The van der Waals surface area contributed by atoms with E-state index in [-0.39, 0.29) is 46.2 Å². The second kappa shape index (κ2) is 8.03. The standard InChI is InChI=1S/C14H16N4O6.BrH/c1-6(2)10(14(21)22)15-5-7-3-8(18(23)24)4-9-11(7)17-13(20)12(19)16-9;/h3-4,6,10,15H,5H2,1-2H3,(H,16,19)(H,17,20)(H,21,22);1H/t10-;/m0./s1. The van der Waals surface area contributed by atoms with Crippen molar-refractivity contribution in [3.8, 4) is 0 Å². The predicted octanol–water partition coefficient (Wildman–Crippen LogP) is 0.901. The van der Waals surface area contributed by atoms with E-state index < -0.39 is 28.1 Å².